The molecule has 0 aliphatic heterocycles. The third kappa shape index (κ3) is 3.32. The number of nitrogens with one attached hydrogen (secondary N) is 1. The topological polar surface area (TPSA) is 75.4 Å². The van der Waals surface area contributed by atoms with Crippen LogP contribution in [0.4, 0.5) is 5.82 Å². The molecule has 18 heavy (non-hydrogen) atoms. The van der Waals surface area contributed by atoms with Crippen LogP contribution >= 0.6 is 0 Å². The van der Waals surface area contributed by atoms with Crippen LogP contribution in [0.2, 0.25) is 0 Å². The molecule has 0 saturated heterocycles. The lowest BCUT2D eigenvalue weighted by Crippen LogP contribution is -2.49. The number of amides is 2. The Balaban J connectivity index is 2.75. The highest BCUT2D eigenvalue weighted by Crippen LogP contribution is 2.14. The molecule has 6 nitrogen and oxygen atoms in total. The molecule has 0 atom stereocenters. The molecule has 2 amide bonds. The first-order valence-corrected chi connectivity index (χ1v) is 5.82. The summed E-state index contributed by atoms with van der Waals surface area (Å²) in [4.78, 5) is 25.3. The van der Waals surface area contributed by atoms with Crippen LogP contribution in [0.25, 0.3) is 0 Å². The third-order valence-corrected chi connectivity index (χ3v) is 2.43. The Morgan fingerprint density at radius 2 is 2.06 bits per heavy atom. The fourth-order valence-corrected chi connectivity index (χ4v) is 1.64. The first-order valence-electron chi connectivity index (χ1n) is 5.82. The Bertz CT molecular complexity index is 446. The number of rotatable bonds is 2. The zero-order chi connectivity index (χ0) is 13.9. The molecule has 0 unspecified atom stereocenters. The second-order valence-corrected chi connectivity index (χ2v) is 5.00. The van der Waals surface area contributed by atoms with Crippen molar-refractivity contribution in [1.29, 1.82) is 0 Å². The summed E-state index contributed by atoms with van der Waals surface area (Å²) in [7, 11) is 0. The Kier molecular flexibility index (Phi) is 4.11. The summed E-state index contributed by atoms with van der Waals surface area (Å²) in [6, 6.07) is 1.55. The second kappa shape index (κ2) is 5.20. The van der Waals surface area contributed by atoms with E-state index in [-0.39, 0.29) is 5.82 Å². The van der Waals surface area contributed by atoms with Crippen LogP contribution in [-0.4, -0.2) is 34.0 Å². The van der Waals surface area contributed by atoms with Crippen molar-refractivity contribution in [3.63, 3.8) is 0 Å². The highest BCUT2D eigenvalue weighted by atomic mass is 16.5. The molecule has 1 rings (SSSR count). The number of nitrogens with zero attached hydrogens (tertiary/aromatic N) is 2. The highest BCUT2D eigenvalue weighted by Gasteiger charge is 2.29. The number of carbonyl (C=O) groups is 2. The van der Waals surface area contributed by atoms with Crippen LogP contribution in [0, 0.1) is 6.92 Å². The van der Waals surface area contributed by atoms with Gasteiger partial charge in [-0.05, 0) is 34.6 Å². The quantitative estimate of drug-likeness (QED) is 0.812. The highest BCUT2D eigenvalue weighted by molar-refractivity contribution is 6.39. The molecule has 0 saturated carbocycles. The van der Waals surface area contributed by atoms with Crippen molar-refractivity contribution < 1.29 is 14.1 Å². The van der Waals surface area contributed by atoms with Gasteiger partial charge >= 0.3 is 11.8 Å². The second-order valence-electron chi connectivity index (χ2n) is 5.00. The van der Waals surface area contributed by atoms with Crippen molar-refractivity contribution in [2.24, 2.45) is 0 Å². The van der Waals surface area contributed by atoms with Crippen LogP contribution < -0.4 is 5.32 Å². The molecule has 0 spiro atoms. The largest absolute Gasteiger partial charge is 0.360 e. The molecule has 100 valence electrons. The van der Waals surface area contributed by atoms with Gasteiger partial charge in [0.2, 0.25) is 0 Å². The average Bonchev–Trinajstić information content (AvgIpc) is 2.62. The Labute approximate surface area is 106 Å². The van der Waals surface area contributed by atoms with Crippen molar-refractivity contribution >= 4 is 17.6 Å². The molecule has 1 aromatic rings. The molecule has 0 bridgehead atoms. The van der Waals surface area contributed by atoms with E-state index in [1.165, 1.54) is 4.90 Å². The van der Waals surface area contributed by atoms with Crippen molar-refractivity contribution in [1.82, 2.24) is 10.1 Å². The predicted molar refractivity (Wildman–Crippen MR) is 67.0 cm³/mol. The molecule has 0 aliphatic rings. The summed E-state index contributed by atoms with van der Waals surface area (Å²) < 4.78 is 4.81. The number of aromatic nitrogens is 1. The van der Waals surface area contributed by atoms with E-state index in [2.05, 4.69) is 10.5 Å². The minimum absolute atomic E-state index is 0.246. The van der Waals surface area contributed by atoms with E-state index in [9.17, 15) is 9.59 Å². The van der Waals surface area contributed by atoms with Gasteiger partial charge in [0.15, 0.2) is 5.82 Å². The Morgan fingerprint density at radius 3 is 2.44 bits per heavy atom. The molecular weight excluding hydrogens is 234 g/mol. The van der Waals surface area contributed by atoms with Crippen molar-refractivity contribution in [3.8, 4) is 0 Å². The van der Waals surface area contributed by atoms with E-state index in [1.807, 2.05) is 27.7 Å². The lowest BCUT2D eigenvalue weighted by molar-refractivity contribution is -0.146. The third-order valence-electron chi connectivity index (χ3n) is 2.43. The molecule has 0 aromatic carbocycles. The van der Waals surface area contributed by atoms with Crippen molar-refractivity contribution in [2.45, 2.75) is 40.2 Å². The maximum Gasteiger partial charge on any atom is 0.315 e. The lowest BCUT2D eigenvalue weighted by Gasteiger charge is -2.33. The van der Waals surface area contributed by atoms with Gasteiger partial charge in [0.1, 0.15) is 5.76 Å². The molecular formula is C12H19N3O3. The molecule has 6 heteroatoms. The molecule has 0 aliphatic carbocycles. The number of carbonyl (C=O) groups excluding carboxylic acids is 2. The van der Waals surface area contributed by atoms with Crippen LogP contribution in [0.15, 0.2) is 10.6 Å². The van der Waals surface area contributed by atoms with E-state index >= 15 is 0 Å². The summed E-state index contributed by atoms with van der Waals surface area (Å²) in [5.74, 6) is -0.470. The lowest BCUT2D eigenvalue weighted by atomic mass is 10.1. The number of aryl methyl sites for hydroxylation is 1. The minimum Gasteiger partial charge on any atom is -0.360 e. The summed E-state index contributed by atoms with van der Waals surface area (Å²) in [5.41, 5.74) is -0.400. The predicted octanol–water partition coefficient (Wildman–Crippen LogP) is 1.57. The minimum atomic E-state index is -0.708. The first-order chi connectivity index (χ1) is 8.25. The number of hydrogen-bond donors (Lipinski definition) is 1. The van der Waals surface area contributed by atoms with Gasteiger partial charge in [-0.25, -0.2) is 0 Å². The molecule has 0 radical (unpaired) electrons. The van der Waals surface area contributed by atoms with Crippen LogP contribution in [-0.2, 0) is 9.59 Å². The van der Waals surface area contributed by atoms with Crippen LogP contribution in [0.5, 0.6) is 0 Å². The Morgan fingerprint density at radius 1 is 1.44 bits per heavy atom. The van der Waals surface area contributed by atoms with Gasteiger partial charge in [-0.1, -0.05) is 5.16 Å². The summed E-state index contributed by atoms with van der Waals surface area (Å²) in [6.45, 7) is 9.63. The first kappa shape index (κ1) is 14.2. The molecule has 1 N–H and O–H groups in total. The standard InChI is InChI=1S/C12H19N3O3/c1-6-15(12(3,4)5)11(17)10(16)13-9-7-8(2)18-14-9/h7H,6H2,1-5H3,(H,13,14,16). The van der Waals surface area contributed by atoms with Gasteiger partial charge in [-0.15, -0.1) is 0 Å². The monoisotopic (exact) mass is 253 g/mol. The molecule has 1 aromatic heterocycles. The summed E-state index contributed by atoms with van der Waals surface area (Å²) in [5, 5.41) is 6.02. The number of anilines is 1. The van der Waals surface area contributed by atoms with E-state index in [0.29, 0.717) is 12.3 Å². The normalized spacial score (nSPS) is 11.2. The van der Waals surface area contributed by atoms with E-state index in [4.69, 9.17) is 4.52 Å². The summed E-state index contributed by atoms with van der Waals surface area (Å²) in [6.07, 6.45) is 0. The fraction of sp³-hybridized carbons (Fsp3) is 0.583. The smallest absolute Gasteiger partial charge is 0.315 e. The van der Waals surface area contributed by atoms with Crippen LogP contribution in [0.3, 0.4) is 0 Å². The Hall–Kier alpha value is -1.85. The van der Waals surface area contributed by atoms with Gasteiger partial charge in [-0.3, -0.25) is 14.9 Å². The van der Waals surface area contributed by atoms with E-state index in [0.717, 1.165) is 0 Å². The van der Waals surface area contributed by atoms with Gasteiger partial charge in [0.05, 0.1) is 0 Å². The van der Waals surface area contributed by atoms with E-state index in [1.54, 1.807) is 13.0 Å². The van der Waals surface area contributed by atoms with Crippen molar-refractivity contribution in [3.05, 3.63) is 11.8 Å². The van der Waals surface area contributed by atoms with E-state index < -0.39 is 17.4 Å². The fourth-order valence-electron chi connectivity index (χ4n) is 1.64. The molecule has 1 heterocycles. The average molecular weight is 253 g/mol. The maximum atomic E-state index is 12.0. The number of likely N-dealkylation sites (N-methyl/N-ethyl adjacent to an activating group) is 1. The van der Waals surface area contributed by atoms with Gasteiger partial charge in [0, 0.05) is 18.2 Å². The SMILES string of the molecule is CCN(C(=O)C(=O)Nc1cc(C)on1)C(C)(C)C. The zero-order valence-electron chi connectivity index (χ0n) is 11.4. The molecule has 0 fully saturated rings. The maximum absolute atomic E-state index is 12.0. The van der Waals surface area contributed by atoms with Gasteiger partial charge < -0.3 is 9.42 Å². The summed E-state index contributed by atoms with van der Waals surface area (Å²) >= 11 is 0. The zero-order valence-corrected chi connectivity index (χ0v) is 11.4. The van der Waals surface area contributed by atoms with Gasteiger partial charge in [0.25, 0.3) is 0 Å². The van der Waals surface area contributed by atoms with Crippen molar-refractivity contribution in [2.75, 3.05) is 11.9 Å². The number of hydrogen-bond acceptors (Lipinski definition) is 4. The van der Waals surface area contributed by atoms with Crippen LogP contribution in [0.1, 0.15) is 33.5 Å². The van der Waals surface area contributed by atoms with Gasteiger partial charge in [-0.2, -0.15) is 0 Å².